The third-order valence-corrected chi connectivity index (χ3v) is 2.15. The van der Waals surface area contributed by atoms with Gasteiger partial charge in [0, 0.05) is 17.8 Å². The van der Waals surface area contributed by atoms with Gasteiger partial charge in [0.15, 0.2) is 0 Å². The fraction of sp³-hybridized carbons (Fsp3) is 0. The molecule has 0 radical (unpaired) electrons. The lowest BCUT2D eigenvalue weighted by molar-refractivity contribution is -0.131. The summed E-state index contributed by atoms with van der Waals surface area (Å²) in [6.07, 6.45) is 6.30. The summed E-state index contributed by atoms with van der Waals surface area (Å²) in [5, 5.41) is 14.6. The Hall–Kier alpha value is -2.96. The van der Waals surface area contributed by atoms with Gasteiger partial charge in [0.05, 0.1) is 6.20 Å². The van der Waals surface area contributed by atoms with Crippen LogP contribution >= 0.6 is 0 Å². The number of aromatic nitrogens is 2. The van der Waals surface area contributed by atoms with Crippen molar-refractivity contribution in [2.75, 3.05) is 5.32 Å². The third-order valence-electron chi connectivity index (χ3n) is 2.15. The Labute approximate surface area is 107 Å². The van der Waals surface area contributed by atoms with Crippen molar-refractivity contribution in [1.82, 2.24) is 10.1 Å². The van der Waals surface area contributed by atoms with E-state index in [0.717, 1.165) is 6.08 Å². The molecule has 0 unspecified atom stereocenters. The molecule has 2 aromatic rings. The number of hydrogen-bond donors (Lipinski definition) is 2. The van der Waals surface area contributed by atoms with Gasteiger partial charge in [-0.05, 0) is 12.1 Å². The molecular formula is C12H9N3O4. The second-order valence-electron chi connectivity index (χ2n) is 3.48. The average molecular weight is 259 g/mol. The Morgan fingerprint density at radius 3 is 2.95 bits per heavy atom. The molecule has 2 rings (SSSR count). The quantitative estimate of drug-likeness (QED) is 0.804. The van der Waals surface area contributed by atoms with Crippen molar-refractivity contribution in [3.63, 3.8) is 0 Å². The lowest BCUT2D eigenvalue weighted by Crippen LogP contribution is -2.14. The van der Waals surface area contributed by atoms with E-state index in [4.69, 9.17) is 5.11 Å². The van der Waals surface area contributed by atoms with Gasteiger partial charge in [-0.25, -0.2) is 4.79 Å². The minimum Gasteiger partial charge on any atom is -0.478 e. The van der Waals surface area contributed by atoms with Crippen LogP contribution in [0.3, 0.4) is 0 Å². The van der Waals surface area contributed by atoms with Gasteiger partial charge in [0.25, 0.3) is 5.91 Å². The normalized spacial score (nSPS) is 10.5. The summed E-state index contributed by atoms with van der Waals surface area (Å²) >= 11 is 0. The molecule has 7 nitrogen and oxygen atoms in total. The van der Waals surface area contributed by atoms with E-state index in [1.807, 2.05) is 0 Å². The van der Waals surface area contributed by atoms with Gasteiger partial charge < -0.3 is 14.9 Å². The molecule has 0 aliphatic carbocycles. The van der Waals surface area contributed by atoms with Crippen LogP contribution in [0.25, 0.3) is 6.08 Å². The highest BCUT2D eigenvalue weighted by molar-refractivity contribution is 6.05. The lowest BCUT2D eigenvalue weighted by atomic mass is 10.1. The second kappa shape index (κ2) is 5.58. The van der Waals surface area contributed by atoms with Gasteiger partial charge in [0.2, 0.25) is 0 Å². The molecule has 0 fully saturated rings. The number of rotatable bonds is 4. The molecule has 1 amide bonds. The van der Waals surface area contributed by atoms with Crippen molar-refractivity contribution in [3.8, 4) is 0 Å². The maximum Gasteiger partial charge on any atom is 0.328 e. The first kappa shape index (κ1) is 12.5. The molecular weight excluding hydrogens is 250 g/mol. The summed E-state index contributed by atoms with van der Waals surface area (Å²) < 4.78 is 4.58. The largest absolute Gasteiger partial charge is 0.478 e. The van der Waals surface area contributed by atoms with E-state index < -0.39 is 11.9 Å². The summed E-state index contributed by atoms with van der Waals surface area (Å²) in [4.78, 5) is 26.4. The topological polar surface area (TPSA) is 105 Å². The minimum atomic E-state index is -1.10. The Morgan fingerprint density at radius 1 is 1.42 bits per heavy atom. The molecule has 2 heterocycles. The highest BCUT2D eigenvalue weighted by Crippen LogP contribution is 2.11. The standard InChI is InChI=1S/C12H9N3O4/c16-10(17)4-3-8-2-1-5-13-11(8)12(18)15-9-6-14-19-7-9/h1-7H,(H,15,18)(H,16,17)/b4-3+. The molecule has 7 heteroatoms. The zero-order valence-corrected chi connectivity index (χ0v) is 9.61. The number of nitrogens with one attached hydrogen (secondary N) is 1. The van der Waals surface area contributed by atoms with Crippen molar-refractivity contribution < 1.29 is 19.2 Å². The van der Waals surface area contributed by atoms with Gasteiger partial charge in [0.1, 0.15) is 17.6 Å². The number of nitrogens with zero attached hydrogens (tertiary/aromatic N) is 2. The van der Waals surface area contributed by atoms with Gasteiger partial charge in [-0.15, -0.1) is 0 Å². The van der Waals surface area contributed by atoms with E-state index in [1.165, 1.54) is 24.7 Å². The SMILES string of the molecule is O=C(O)/C=C/c1cccnc1C(=O)Nc1cnoc1. The number of hydrogen-bond acceptors (Lipinski definition) is 5. The van der Waals surface area contributed by atoms with E-state index in [2.05, 4.69) is 20.0 Å². The number of carbonyl (C=O) groups is 2. The predicted octanol–water partition coefficient (Wildman–Crippen LogP) is 1.42. The van der Waals surface area contributed by atoms with Crippen molar-refractivity contribution >= 4 is 23.6 Å². The number of carboxylic acids is 1. The minimum absolute atomic E-state index is 0.112. The molecule has 0 saturated carbocycles. The Bertz CT molecular complexity index is 620. The van der Waals surface area contributed by atoms with E-state index in [0.29, 0.717) is 11.3 Å². The van der Waals surface area contributed by atoms with Crippen LogP contribution in [0.15, 0.2) is 41.4 Å². The fourth-order valence-electron chi connectivity index (χ4n) is 1.36. The van der Waals surface area contributed by atoms with Crippen molar-refractivity contribution in [1.29, 1.82) is 0 Å². The third kappa shape index (κ3) is 3.25. The molecule has 0 aliphatic rings. The summed E-state index contributed by atoms with van der Waals surface area (Å²) in [5.41, 5.74) is 0.906. The average Bonchev–Trinajstić information content (AvgIpc) is 2.89. The van der Waals surface area contributed by atoms with Crippen LogP contribution < -0.4 is 5.32 Å². The number of aliphatic carboxylic acids is 1. The molecule has 0 saturated heterocycles. The highest BCUT2D eigenvalue weighted by Gasteiger charge is 2.12. The second-order valence-corrected chi connectivity index (χ2v) is 3.48. The first-order valence-corrected chi connectivity index (χ1v) is 5.23. The van der Waals surface area contributed by atoms with Crippen LogP contribution in [0, 0.1) is 0 Å². The van der Waals surface area contributed by atoms with Crippen LogP contribution in [-0.2, 0) is 4.79 Å². The number of carboxylic acid groups (broad SMARTS) is 1. The maximum absolute atomic E-state index is 12.0. The number of pyridine rings is 1. The molecule has 19 heavy (non-hydrogen) atoms. The van der Waals surface area contributed by atoms with Gasteiger partial charge >= 0.3 is 5.97 Å². The van der Waals surface area contributed by atoms with Gasteiger partial charge in [-0.2, -0.15) is 0 Å². The van der Waals surface area contributed by atoms with Crippen molar-refractivity contribution in [3.05, 3.63) is 48.1 Å². The van der Waals surface area contributed by atoms with Crippen LogP contribution in [0.1, 0.15) is 16.1 Å². The van der Waals surface area contributed by atoms with Gasteiger partial charge in [-0.3, -0.25) is 9.78 Å². The number of amides is 1. The van der Waals surface area contributed by atoms with Crippen LogP contribution in [0.5, 0.6) is 0 Å². The van der Waals surface area contributed by atoms with Crippen molar-refractivity contribution in [2.24, 2.45) is 0 Å². The zero-order chi connectivity index (χ0) is 13.7. The first-order valence-electron chi connectivity index (χ1n) is 5.23. The smallest absolute Gasteiger partial charge is 0.328 e. The fourth-order valence-corrected chi connectivity index (χ4v) is 1.36. The number of anilines is 1. The van der Waals surface area contributed by atoms with Crippen LogP contribution in [-0.4, -0.2) is 27.1 Å². The van der Waals surface area contributed by atoms with E-state index in [1.54, 1.807) is 12.1 Å². The van der Waals surface area contributed by atoms with Crippen LogP contribution in [0.2, 0.25) is 0 Å². The van der Waals surface area contributed by atoms with E-state index in [9.17, 15) is 9.59 Å². The summed E-state index contributed by atoms with van der Waals surface area (Å²) in [5.74, 6) is -1.58. The van der Waals surface area contributed by atoms with Gasteiger partial charge in [-0.1, -0.05) is 11.2 Å². The lowest BCUT2D eigenvalue weighted by Gasteiger charge is -2.04. The molecule has 2 N–H and O–H groups in total. The van der Waals surface area contributed by atoms with E-state index >= 15 is 0 Å². The Balaban J connectivity index is 2.24. The highest BCUT2D eigenvalue weighted by atomic mass is 16.5. The van der Waals surface area contributed by atoms with E-state index in [-0.39, 0.29) is 5.69 Å². The molecule has 0 spiro atoms. The predicted molar refractivity (Wildman–Crippen MR) is 65.4 cm³/mol. The molecule has 0 atom stereocenters. The summed E-state index contributed by atoms with van der Waals surface area (Å²) in [6, 6.07) is 3.20. The maximum atomic E-state index is 12.0. The monoisotopic (exact) mass is 259 g/mol. The molecule has 2 aromatic heterocycles. The first-order chi connectivity index (χ1) is 9.16. The Kier molecular flexibility index (Phi) is 3.67. The zero-order valence-electron chi connectivity index (χ0n) is 9.61. The Morgan fingerprint density at radius 2 is 2.26 bits per heavy atom. The molecule has 0 aromatic carbocycles. The summed E-state index contributed by atoms with van der Waals surface area (Å²) in [6.45, 7) is 0. The number of carbonyl (C=O) groups excluding carboxylic acids is 1. The molecule has 96 valence electrons. The van der Waals surface area contributed by atoms with Crippen LogP contribution in [0.4, 0.5) is 5.69 Å². The molecule has 0 bridgehead atoms. The summed E-state index contributed by atoms with van der Waals surface area (Å²) in [7, 11) is 0. The molecule has 0 aliphatic heterocycles. The van der Waals surface area contributed by atoms with Crippen molar-refractivity contribution in [2.45, 2.75) is 0 Å².